The van der Waals surface area contributed by atoms with E-state index >= 15 is 0 Å². The Morgan fingerprint density at radius 1 is 1.05 bits per heavy atom. The Hall–Kier alpha value is -1.79. The third-order valence-electron chi connectivity index (χ3n) is 3.52. The molecule has 2 nitrogen and oxygen atoms in total. The van der Waals surface area contributed by atoms with Crippen molar-refractivity contribution >= 4 is 22.0 Å². The highest BCUT2D eigenvalue weighted by Crippen LogP contribution is 2.43. The number of piperidine rings is 1. The van der Waals surface area contributed by atoms with Crippen LogP contribution in [0.25, 0.3) is 15.3 Å². The predicted molar refractivity (Wildman–Crippen MR) is 82.1 cm³/mol. The van der Waals surface area contributed by atoms with Crippen LogP contribution in [0.3, 0.4) is 0 Å². The van der Waals surface area contributed by atoms with Gasteiger partial charge < -0.3 is 4.90 Å². The van der Waals surface area contributed by atoms with E-state index < -0.39 is 0 Å². The summed E-state index contributed by atoms with van der Waals surface area (Å²) in [4.78, 5) is 7.23. The van der Waals surface area contributed by atoms with Gasteiger partial charge in [-0.05, 0) is 30.9 Å². The van der Waals surface area contributed by atoms with Crippen molar-refractivity contribution in [3.8, 4) is 10.4 Å². The van der Waals surface area contributed by atoms with Gasteiger partial charge in [0.1, 0.15) is 0 Å². The third-order valence-corrected chi connectivity index (χ3v) is 4.76. The van der Waals surface area contributed by atoms with Crippen LogP contribution >= 0.6 is 11.3 Å². The first-order chi connectivity index (χ1) is 9.38. The Balaban J connectivity index is 1.97. The van der Waals surface area contributed by atoms with Gasteiger partial charge in [0.2, 0.25) is 5.69 Å². The minimum Gasteiger partial charge on any atom is -0.365 e. The minimum atomic E-state index is 0.789. The van der Waals surface area contributed by atoms with Crippen LogP contribution < -0.4 is 4.90 Å². The second-order valence-electron chi connectivity index (χ2n) is 4.82. The molecule has 0 amide bonds. The zero-order valence-corrected chi connectivity index (χ0v) is 11.6. The SMILES string of the molecule is [C-]#[N+]c1cc(N2CCCCC2)sc1-c1ccccc1. The van der Waals surface area contributed by atoms with Gasteiger partial charge >= 0.3 is 0 Å². The van der Waals surface area contributed by atoms with Crippen LogP contribution in [-0.4, -0.2) is 13.1 Å². The van der Waals surface area contributed by atoms with E-state index in [1.165, 1.54) is 24.3 Å². The quantitative estimate of drug-likeness (QED) is 0.699. The van der Waals surface area contributed by atoms with Gasteiger partial charge in [-0.2, -0.15) is 0 Å². The fraction of sp³-hybridized carbons (Fsp3) is 0.312. The van der Waals surface area contributed by atoms with Gasteiger partial charge in [0.05, 0.1) is 11.6 Å². The lowest BCUT2D eigenvalue weighted by Crippen LogP contribution is -2.28. The summed E-state index contributed by atoms with van der Waals surface area (Å²) in [7, 11) is 0. The predicted octanol–water partition coefficient (Wildman–Crippen LogP) is 4.96. The van der Waals surface area contributed by atoms with E-state index in [0.717, 1.165) is 29.2 Å². The molecular formula is C16H16N2S. The van der Waals surface area contributed by atoms with Crippen LogP contribution in [0.4, 0.5) is 10.7 Å². The first-order valence-corrected chi connectivity index (χ1v) is 7.52. The van der Waals surface area contributed by atoms with Crippen LogP contribution in [0.5, 0.6) is 0 Å². The molecule has 96 valence electrons. The zero-order chi connectivity index (χ0) is 13.1. The number of rotatable bonds is 2. The number of hydrogen-bond donors (Lipinski definition) is 0. The van der Waals surface area contributed by atoms with E-state index in [1.807, 2.05) is 18.2 Å². The van der Waals surface area contributed by atoms with Gasteiger partial charge in [0.15, 0.2) is 0 Å². The van der Waals surface area contributed by atoms with E-state index in [2.05, 4.69) is 27.9 Å². The van der Waals surface area contributed by atoms with Crippen molar-refractivity contribution in [3.05, 3.63) is 47.8 Å². The standard InChI is InChI=1S/C16H16N2S/c1-17-14-12-15(18-10-6-3-7-11-18)19-16(14)13-8-4-2-5-9-13/h2,4-5,8-9,12H,3,6-7,10-11H2. The van der Waals surface area contributed by atoms with Gasteiger partial charge in [0, 0.05) is 18.0 Å². The monoisotopic (exact) mass is 268 g/mol. The van der Waals surface area contributed by atoms with Gasteiger partial charge in [0.25, 0.3) is 0 Å². The van der Waals surface area contributed by atoms with E-state index in [4.69, 9.17) is 6.57 Å². The lowest BCUT2D eigenvalue weighted by Gasteiger charge is -2.27. The second kappa shape index (κ2) is 5.46. The van der Waals surface area contributed by atoms with Crippen molar-refractivity contribution in [1.82, 2.24) is 0 Å². The third kappa shape index (κ3) is 2.50. The van der Waals surface area contributed by atoms with E-state index in [-0.39, 0.29) is 0 Å². The van der Waals surface area contributed by atoms with Crippen molar-refractivity contribution in [1.29, 1.82) is 0 Å². The van der Waals surface area contributed by atoms with E-state index in [1.54, 1.807) is 11.3 Å². The maximum Gasteiger partial charge on any atom is 0.207 e. The molecule has 0 aliphatic carbocycles. The number of nitrogens with zero attached hydrogens (tertiary/aromatic N) is 2. The smallest absolute Gasteiger partial charge is 0.207 e. The van der Waals surface area contributed by atoms with Crippen molar-refractivity contribution in [2.75, 3.05) is 18.0 Å². The molecule has 3 heteroatoms. The molecule has 1 fully saturated rings. The highest BCUT2D eigenvalue weighted by Gasteiger charge is 2.17. The second-order valence-corrected chi connectivity index (χ2v) is 5.86. The molecule has 1 aromatic carbocycles. The largest absolute Gasteiger partial charge is 0.365 e. The van der Waals surface area contributed by atoms with Gasteiger partial charge in [-0.3, -0.25) is 0 Å². The molecule has 2 aromatic rings. The van der Waals surface area contributed by atoms with Crippen molar-refractivity contribution in [3.63, 3.8) is 0 Å². The van der Waals surface area contributed by atoms with E-state index in [0.29, 0.717) is 0 Å². The first kappa shape index (κ1) is 12.3. The number of hydrogen-bond acceptors (Lipinski definition) is 2. The lowest BCUT2D eigenvalue weighted by atomic mass is 10.1. The first-order valence-electron chi connectivity index (χ1n) is 6.70. The Morgan fingerprint density at radius 2 is 1.79 bits per heavy atom. The molecule has 2 heterocycles. The summed E-state index contributed by atoms with van der Waals surface area (Å²) in [6, 6.07) is 12.3. The van der Waals surface area contributed by atoms with Crippen LogP contribution in [0.1, 0.15) is 19.3 Å². The van der Waals surface area contributed by atoms with Crippen LogP contribution in [0, 0.1) is 6.57 Å². The summed E-state index contributed by atoms with van der Waals surface area (Å²) < 4.78 is 0. The van der Waals surface area contributed by atoms with Crippen molar-refractivity contribution in [2.24, 2.45) is 0 Å². The molecular weight excluding hydrogens is 252 g/mol. The maximum atomic E-state index is 7.37. The normalized spacial score (nSPS) is 15.2. The Labute approximate surface area is 118 Å². The molecule has 0 spiro atoms. The molecule has 0 atom stereocenters. The van der Waals surface area contributed by atoms with Crippen LogP contribution in [-0.2, 0) is 0 Å². The average molecular weight is 268 g/mol. The molecule has 0 bridgehead atoms. The Kier molecular flexibility index (Phi) is 3.52. The molecule has 0 unspecified atom stereocenters. The topological polar surface area (TPSA) is 7.60 Å². The summed E-state index contributed by atoms with van der Waals surface area (Å²) in [6.07, 6.45) is 3.88. The Morgan fingerprint density at radius 3 is 2.47 bits per heavy atom. The fourth-order valence-corrected chi connectivity index (χ4v) is 3.67. The minimum absolute atomic E-state index is 0.789. The number of thiophene rings is 1. The van der Waals surface area contributed by atoms with Crippen LogP contribution in [0.15, 0.2) is 36.4 Å². The highest BCUT2D eigenvalue weighted by atomic mass is 32.1. The number of anilines is 1. The molecule has 1 saturated heterocycles. The summed E-state index contributed by atoms with van der Waals surface area (Å²) in [6.45, 7) is 9.64. The molecule has 0 radical (unpaired) electrons. The van der Waals surface area contributed by atoms with Crippen molar-refractivity contribution in [2.45, 2.75) is 19.3 Å². The molecule has 0 N–H and O–H groups in total. The van der Waals surface area contributed by atoms with E-state index in [9.17, 15) is 0 Å². The molecule has 3 rings (SSSR count). The average Bonchev–Trinajstić information content (AvgIpc) is 2.93. The molecule has 1 aromatic heterocycles. The zero-order valence-electron chi connectivity index (χ0n) is 10.8. The highest BCUT2D eigenvalue weighted by molar-refractivity contribution is 7.20. The summed E-state index contributed by atoms with van der Waals surface area (Å²) in [5.74, 6) is 0. The van der Waals surface area contributed by atoms with Crippen molar-refractivity contribution < 1.29 is 0 Å². The molecule has 1 aliphatic heterocycles. The fourth-order valence-electron chi connectivity index (χ4n) is 2.52. The van der Waals surface area contributed by atoms with Gasteiger partial charge in [-0.15, -0.1) is 11.3 Å². The maximum absolute atomic E-state index is 7.37. The van der Waals surface area contributed by atoms with Gasteiger partial charge in [-0.25, -0.2) is 4.85 Å². The van der Waals surface area contributed by atoms with Gasteiger partial charge in [-0.1, -0.05) is 30.3 Å². The number of benzene rings is 1. The summed E-state index contributed by atoms with van der Waals surface area (Å²) in [5.41, 5.74) is 1.94. The summed E-state index contributed by atoms with van der Waals surface area (Å²) >= 11 is 1.76. The Bertz CT molecular complexity index is 589. The lowest BCUT2D eigenvalue weighted by molar-refractivity contribution is 0.580. The molecule has 1 aliphatic rings. The summed E-state index contributed by atoms with van der Waals surface area (Å²) in [5, 5.41) is 1.25. The van der Waals surface area contributed by atoms with Crippen LogP contribution in [0.2, 0.25) is 0 Å². The molecule has 19 heavy (non-hydrogen) atoms. The molecule has 0 saturated carbocycles.